The molecule has 1 fully saturated rings. The average Bonchev–Trinajstić information content (AvgIpc) is 2.56. The monoisotopic (exact) mass is 304 g/mol. The van der Waals surface area contributed by atoms with Gasteiger partial charge in [0.2, 0.25) is 0 Å². The fourth-order valence-electron chi connectivity index (χ4n) is 2.99. The molecule has 1 aromatic rings. The van der Waals surface area contributed by atoms with E-state index < -0.39 is 0 Å². The third-order valence-electron chi connectivity index (χ3n) is 4.65. The number of nitrogens with zero attached hydrogens (tertiary/aromatic N) is 1. The van der Waals surface area contributed by atoms with Crippen molar-refractivity contribution in [2.24, 2.45) is 5.92 Å². The molecule has 2 heteroatoms. The Labute approximate surface area is 138 Å². The van der Waals surface area contributed by atoms with E-state index in [2.05, 4.69) is 69.1 Å². The number of benzene rings is 1. The van der Waals surface area contributed by atoms with E-state index in [1.165, 1.54) is 11.1 Å². The Bertz CT molecular complexity index is 425. The largest absolute Gasteiger partial charge is 0.311 e. The molecule has 0 unspecified atom stereocenters. The highest BCUT2D eigenvalue weighted by Gasteiger charge is 2.25. The van der Waals surface area contributed by atoms with Crippen LogP contribution in [0.15, 0.2) is 24.3 Å². The molecular weight excluding hydrogens is 268 g/mol. The number of rotatable bonds is 4. The van der Waals surface area contributed by atoms with E-state index in [-0.39, 0.29) is 0 Å². The summed E-state index contributed by atoms with van der Waals surface area (Å²) in [4.78, 5) is 2.63. The van der Waals surface area contributed by atoms with Crippen LogP contribution in [0.4, 0.5) is 0 Å². The summed E-state index contributed by atoms with van der Waals surface area (Å²) < 4.78 is 0. The van der Waals surface area contributed by atoms with Crippen molar-refractivity contribution < 1.29 is 0 Å². The third kappa shape index (κ3) is 5.10. The Morgan fingerprint density at radius 3 is 2.27 bits per heavy atom. The predicted molar refractivity (Wildman–Crippen MR) is 98.5 cm³/mol. The standard InChI is InChI=1S/C18H30N2.C2H6/c1-13(2)16-7-6-8-17(11-16)15(5)20-10-9-19-18(12-20)14(3)4;1-2/h6-8,11,13-15,18-19H,9-10,12H2,1-5H3;1-2H3/t15-,18-;/m1./s1. The van der Waals surface area contributed by atoms with Gasteiger partial charge in [-0.3, -0.25) is 4.90 Å². The zero-order valence-electron chi connectivity index (χ0n) is 15.7. The van der Waals surface area contributed by atoms with Crippen LogP contribution in [-0.4, -0.2) is 30.6 Å². The van der Waals surface area contributed by atoms with Crippen LogP contribution in [0.2, 0.25) is 0 Å². The van der Waals surface area contributed by atoms with Crippen molar-refractivity contribution in [1.29, 1.82) is 0 Å². The zero-order chi connectivity index (χ0) is 16.7. The van der Waals surface area contributed by atoms with Crippen molar-refractivity contribution in [2.75, 3.05) is 19.6 Å². The molecule has 0 bridgehead atoms. The summed E-state index contributed by atoms with van der Waals surface area (Å²) in [5, 5.41) is 3.64. The lowest BCUT2D eigenvalue weighted by atomic mass is 9.96. The fourth-order valence-corrected chi connectivity index (χ4v) is 2.99. The summed E-state index contributed by atoms with van der Waals surface area (Å²) in [7, 11) is 0. The quantitative estimate of drug-likeness (QED) is 0.857. The van der Waals surface area contributed by atoms with Gasteiger partial charge in [0.25, 0.3) is 0 Å². The van der Waals surface area contributed by atoms with E-state index >= 15 is 0 Å². The molecule has 2 atom stereocenters. The molecular formula is C20H36N2. The maximum atomic E-state index is 3.64. The van der Waals surface area contributed by atoms with Gasteiger partial charge in [0.05, 0.1) is 0 Å². The molecule has 0 amide bonds. The van der Waals surface area contributed by atoms with Gasteiger partial charge < -0.3 is 5.32 Å². The number of nitrogens with one attached hydrogen (secondary N) is 1. The van der Waals surface area contributed by atoms with E-state index in [0.717, 1.165) is 19.6 Å². The van der Waals surface area contributed by atoms with Crippen LogP contribution in [-0.2, 0) is 0 Å². The summed E-state index contributed by atoms with van der Waals surface area (Å²) >= 11 is 0. The molecule has 1 heterocycles. The number of piperazine rings is 1. The van der Waals surface area contributed by atoms with Crippen LogP contribution in [0.25, 0.3) is 0 Å². The predicted octanol–water partition coefficient (Wildman–Crippen LogP) is 4.83. The normalized spacial score (nSPS) is 20.7. The van der Waals surface area contributed by atoms with E-state index in [4.69, 9.17) is 0 Å². The Kier molecular flexibility index (Phi) is 8.13. The minimum absolute atomic E-state index is 0.511. The summed E-state index contributed by atoms with van der Waals surface area (Å²) in [6, 6.07) is 10.3. The smallest absolute Gasteiger partial charge is 0.0321 e. The summed E-state index contributed by atoms with van der Waals surface area (Å²) in [5.41, 5.74) is 2.91. The Hall–Kier alpha value is -0.860. The van der Waals surface area contributed by atoms with Crippen molar-refractivity contribution in [3.8, 4) is 0 Å². The van der Waals surface area contributed by atoms with Crippen LogP contribution in [0.1, 0.15) is 71.6 Å². The fraction of sp³-hybridized carbons (Fsp3) is 0.700. The van der Waals surface area contributed by atoms with Gasteiger partial charge in [0.15, 0.2) is 0 Å². The lowest BCUT2D eigenvalue weighted by Gasteiger charge is -2.39. The maximum absolute atomic E-state index is 3.64. The van der Waals surface area contributed by atoms with Crippen molar-refractivity contribution in [3.05, 3.63) is 35.4 Å². The summed E-state index contributed by atoms with van der Waals surface area (Å²) in [6.07, 6.45) is 0. The maximum Gasteiger partial charge on any atom is 0.0321 e. The van der Waals surface area contributed by atoms with Gasteiger partial charge >= 0.3 is 0 Å². The van der Waals surface area contributed by atoms with Crippen LogP contribution in [0.3, 0.4) is 0 Å². The Morgan fingerprint density at radius 2 is 1.68 bits per heavy atom. The second-order valence-corrected chi connectivity index (χ2v) is 6.80. The van der Waals surface area contributed by atoms with E-state index in [9.17, 15) is 0 Å². The highest BCUT2D eigenvalue weighted by atomic mass is 15.2. The van der Waals surface area contributed by atoms with Crippen LogP contribution >= 0.6 is 0 Å². The molecule has 1 aromatic carbocycles. The van der Waals surface area contributed by atoms with Crippen molar-refractivity contribution in [1.82, 2.24) is 10.2 Å². The van der Waals surface area contributed by atoms with Crippen molar-refractivity contribution >= 4 is 0 Å². The highest BCUT2D eigenvalue weighted by Crippen LogP contribution is 2.25. The molecule has 1 N–H and O–H groups in total. The zero-order valence-corrected chi connectivity index (χ0v) is 15.7. The first kappa shape index (κ1) is 19.2. The van der Waals surface area contributed by atoms with Gasteiger partial charge in [0.1, 0.15) is 0 Å². The Morgan fingerprint density at radius 1 is 1.05 bits per heavy atom. The second kappa shape index (κ2) is 9.32. The highest BCUT2D eigenvalue weighted by molar-refractivity contribution is 5.28. The molecule has 0 aromatic heterocycles. The first-order valence-electron chi connectivity index (χ1n) is 9.06. The van der Waals surface area contributed by atoms with Crippen LogP contribution < -0.4 is 5.32 Å². The third-order valence-corrected chi connectivity index (χ3v) is 4.65. The molecule has 0 saturated carbocycles. The minimum atomic E-state index is 0.511. The van der Waals surface area contributed by atoms with Gasteiger partial charge in [-0.25, -0.2) is 0 Å². The molecule has 1 aliphatic heterocycles. The van der Waals surface area contributed by atoms with Crippen LogP contribution in [0, 0.1) is 5.92 Å². The molecule has 0 aliphatic carbocycles. The molecule has 22 heavy (non-hydrogen) atoms. The first-order valence-corrected chi connectivity index (χ1v) is 9.06. The van der Waals surface area contributed by atoms with Crippen molar-refractivity contribution in [2.45, 2.75) is 66.5 Å². The molecule has 1 aliphatic rings. The SMILES string of the molecule is CC.CC(C)c1cccc([C@@H](C)N2CCN[C@@H](C(C)C)C2)c1. The summed E-state index contributed by atoms with van der Waals surface area (Å²) in [6.45, 7) is 18.9. The first-order chi connectivity index (χ1) is 10.5. The van der Waals surface area contributed by atoms with Gasteiger partial charge in [-0.1, -0.05) is 65.8 Å². The molecule has 0 radical (unpaired) electrons. The number of hydrogen-bond donors (Lipinski definition) is 1. The van der Waals surface area contributed by atoms with E-state index in [1.807, 2.05) is 13.8 Å². The van der Waals surface area contributed by atoms with Crippen molar-refractivity contribution in [3.63, 3.8) is 0 Å². The topological polar surface area (TPSA) is 15.3 Å². The molecule has 0 spiro atoms. The van der Waals surface area contributed by atoms with Gasteiger partial charge in [0, 0.05) is 31.7 Å². The average molecular weight is 305 g/mol. The van der Waals surface area contributed by atoms with E-state index in [0.29, 0.717) is 23.9 Å². The lowest BCUT2D eigenvalue weighted by Crippen LogP contribution is -2.53. The number of hydrogen-bond acceptors (Lipinski definition) is 2. The van der Waals surface area contributed by atoms with Gasteiger partial charge in [-0.15, -0.1) is 0 Å². The second-order valence-electron chi connectivity index (χ2n) is 6.80. The van der Waals surface area contributed by atoms with E-state index in [1.54, 1.807) is 0 Å². The van der Waals surface area contributed by atoms with Gasteiger partial charge in [-0.05, 0) is 29.9 Å². The lowest BCUT2D eigenvalue weighted by molar-refractivity contribution is 0.135. The summed E-state index contributed by atoms with van der Waals surface area (Å²) in [5.74, 6) is 1.31. The molecule has 1 saturated heterocycles. The molecule has 126 valence electrons. The minimum Gasteiger partial charge on any atom is -0.311 e. The van der Waals surface area contributed by atoms with Crippen LogP contribution in [0.5, 0.6) is 0 Å². The van der Waals surface area contributed by atoms with Gasteiger partial charge in [-0.2, -0.15) is 0 Å². The molecule has 2 nitrogen and oxygen atoms in total. The Balaban J connectivity index is 0.00000116. The molecule has 2 rings (SSSR count).